The van der Waals surface area contributed by atoms with Gasteiger partial charge >= 0.3 is 0 Å². The summed E-state index contributed by atoms with van der Waals surface area (Å²) in [5.74, 6) is 0. The lowest BCUT2D eigenvalue weighted by molar-refractivity contribution is 1.27. The van der Waals surface area contributed by atoms with E-state index in [-0.39, 0.29) is 0 Å². The molecule has 0 aromatic heterocycles. The van der Waals surface area contributed by atoms with E-state index in [1.54, 1.807) is 0 Å². The molecule has 0 heterocycles. The molecule has 0 bridgehead atoms. The van der Waals surface area contributed by atoms with E-state index < -0.39 is 0 Å². The van der Waals surface area contributed by atoms with E-state index in [9.17, 15) is 0 Å². The van der Waals surface area contributed by atoms with E-state index in [0.717, 1.165) is 5.57 Å². The Balaban J connectivity index is 2.77. The predicted octanol–water partition coefficient (Wildman–Crippen LogP) is 3.12. The number of aryl methyl sites for hydroxylation is 1. The van der Waals surface area contributed by atoms with Crippen LogP contribution in [0.4, 0.5) is 0 Å². The summed E-state index contributed by atoms with van der Waals surface area (Å²) in [6, 6.07) is 12.6. The van der Waals surface area contributed by atoms with Crippen molar-refractivity contribution in [2.24, 2.45) is 5.73 Å². The number of benzene rings is 2. The molecule has 2 rings (SSSR count). The Morgan fingerprint density at radius 3 is 2.47 bits per heavy atom. The molecule has 0 aliphatic rings. The van der Waals surface area contributed by atoms with Crippen molar-refractivity contribution in [3.8, 4) is 0 Å². The Kier molecular flexibility index (Phi) is 2.57. The first-order valence-electron chi connectivity index (χ1n) is 5.10. The van der Waals surface area contributed by atoms with E-state index in [1.165, 1.54) is 21.9 Å². The average Bonchev–Trinajstić information content (AvgIpc) is 2.29. The topological polar surface area (TPSA) is 26.0 Å². The first kappa shape index (κ1) is 9.94. The Bertz CT molecular complexity index is 512. The van der Waals surface area contributed by atoms with Gasteiger partial charge in [-0.15, -0.1) is 0 Å². The molecule has 15 heavy (non-hydrogen) atoms. The van der Waals surface area contributed by atoms with Crippen LogP contribution < -0.4 is 5.73 Å². The summed E-state index contributed by atoms with van der Waals surface area (Å²) in [5.41, 5.74) is 9.08. The molecule has 0 spiro atoms. The van der Waals surface area contributed by atoms with Crippen molar-refractivity contribution < 1.29 is 0 Å². The number of hydrogen-bond donors (Lipinski definition) is 1. The van der Waals surface area contributed by atoms with Gasteiger partial charge in [0.05, 0.1) is 0 Å². The van der Waals surface area contributed by atoms with E-state index in [0.29, 0.717) is 6.54 Å². The molecule has 2 N–H and O–H groups in total. The molecular formula is C14H15N. The van der Waals surface area contributed by atoms with E-state index in [4.69, 9.17) is 5.73 Å². The summed E-state index contributed by atoms with van der Waals surface area (Å²) >= 11 is 0. The van der Waals surface area contributed by atoms with Crippen LogP contribution in [0.5, 0.6) is 0 Å². The van der Waals surface area contributed by atoms with Crippen LogP contribution in [0.25, 0.3) is 16.3 Å². The lowest BCUT2D eigenvalue weighted by Gasteiger charge is -2.09. The summed E-state index contributed by atoms with van der Waals surface area (Å²) in [6.45, 7) is 6.63. The largest absolute Gasteiger partial charge is 0.326 e. The maximum Gasteiger partial charge on any atom is 0.0178 e. The fraction of sp³-hybridized carbons (Fsp3) is 0.143. The van der Waals surface area contributed by atoms with Gasteiger partial charge in [0.2, 0.25) is 0 Å². The van der Waals surface area contributed by atoms with Gasteiger partial charge < -0.3 is 5.73 Å². The van der Waals surface area contributed by atoms with Crippen molar-refractivity contribution in [3.63, 3.8) is 0 Å². The third kappa shape index (κ3) is 1.66. The molecule has 0 saturated heterocycles. The van der Waals surface area contributed by atoms with Gasteiger partial charge in [0.1, 0.15) is 0 Å². The zero-order valence-electron chi connectivity index (χ0n) is 8.96. The van der Waals surface area contributed by atoms with E-state index >= 15 is 0 Å². The molecule has 0 unspecified atom stereocenters. The molecule has 0 amide bonds. The van der Waals surface area contributed by atoms with Gasteiger partial charge in [0, 0.05) is 6.54 Å². The van der Waals surface area contributed by atoms with Crippen LogP contribution in [0.2, 0.25) is 0 Å². The number of rotatable bonds is 2. The van der Waals surface area contributed by atoms with Crippen LogP contribution in [0.15, 0.2) is 43.0 Å². The van der Waals surface area contributed by atoms with Crippen LogP contribution in [0.1, 0.15) is 11.1 Å². The molecule has 0 aliphatic carbocycles. The van der Waals surface area contributed by atoms with Gasteiger partial charge in [-0.05, 0) is 34.4 Å². The summed E-state index contributed by atoms with van der Waals surface area (Å²) in [4.78, 5) is 0. The van der Waals surface area contributed by atoms with Crippen molar-refractivity contribution in [2.45, 2.75) is 6.92 Å². The summed E-state index contributed by atoms with van der Waals surface area (Å²) < 4.78 is 0. The molecule has 76 valence electrons. The minimum atomic E-state index is 0.507. The quantitative estimate of drug-likeness (QED) is 0.786. The average molecular weight is 197 g/mol. The van der Waals surface area contributed by atoms with Crippen LogP contribution in [-0.4, -0.2) is 6.54 Å². The summed E-state index contributed by atoms with van der Waals surface area (Å²) in [6.07, 6.45) is 0. The second-order valence-electron chi connectivity index (χ2n) is 3.78. The van der Waals surface area contributed by atoms with Gasteiger partial charge in [-0.25, -0.2) is 0 Å². The molecule has 0 radical (unpaired) electrons. The molecule has 2 aromatic rings. The Labute approximate surface area is 90.2 Å². The summed E-state index contributed by atoms with van der Waals surface area (Å²) in [5, 5.41) is 2.53. The lowest BCUT2D eigenvalue weighted by atomic mass is 9.96. The normalized spacial score (nSPS) is 10.5. The van der Waals surface area contributed by atoms with Crippen molar-refractivity contribution in [2.75, 3.05) is 6.54 Å². The first-order chi connectivity index (χ1) is 7.24. The predicted molar refractivity (Wildman–Crippen MR) is 66.8 cm³/mol. The lowest BCUT2D eigenvalue weighted by Crippen LogP contribution is -2.01. The standard InChI is InChI=1S/C14H15N/c1-10-7-8-13(11(2)9-15)14-6-4-3-5-12(10)14/h3-8H,2,9,15H2,1H3. The molecule has 2 aromatic carbocycles. The molecule has 0 fully saturated rings. The maximum absolute atomic E-state index is 5.63. The third-order valence-corrected chi connectivity index (χ3v) is 2.77. The van der Waals surface area contributed by atoms with E-state index in [2.05, 4.69) is 49.9 Å². The van der Waals surface area contributed by atoms with Crippen LogP contribution in [0.3, 0.4) is 0 Å². The highest BCUT2D eigenvalue weighted by atomic mass is 14.5. The zero-order valence-corrected chi connectivity index (χ0v) is 8.96. The Morgan fingerprint density at radius 2 is 1.80 bits per heavy atom. The number of fused-ring (bicyclic) bond motifs is 1. The molecule has 1 heteroatoms. The van der Waals surface area contributed by atoms with E-state index in [1.807, 2.05) is 0 Å². The molecule has 0 saturated carbocycles. The molecule has 0 atom stereocenters. The van der Waals surface area contributed by atoms with Crippen molar-refractivity contribution >= 4 is 16.3 Å². The first-order valence-corrected chi connectivity index (χ1v) is 5.10. The van der Waals surface area contributed by atoms with Crippen LogP contribution in [0, 0.1) is 6.92 Å². The second kappa shape index (κ2) is 3.87. The van der Waals surface area contributed by atoms with Gasteiger partial charge in [0.15, 0.2) is 0 Å². The molecular weight excluding hydrogens is 182 g/mol. The summed E-state index contributed by atoms with van der Waals surface area (Å²) in [7, 11) is 0. The van der Waals surface area contributed by atoms with Crippen molar-refractivity contribution in [3.05, 3.63) is 54.1 Å². The zero-order chi connectivity index (χ0) is 10.8. The highest BCUT2D eigenvalue weighted by molar-refractivity contribution is 5.95. The fourth-order valence-electron chi connectivity index (χ4n) is 1.87. The second-order valence-corrected chi connectivity index (χ2v) is 3.78. The minimum absolute atomic E-state index is 0.507. The number of nitrogens with two attached hydrogens (primary N) is 1. The van der Waals surface area contributed by atoms with Crippen molar-refractivity contribution in [1.29, 1.82) is 0 Å². The smallest absolute Gasteiger partial charge is 0.0178 e. The minimum Gasteiger partial charge on any atom is -0.326 e. The number of hydrogen-bond acceptors (Lipinski definition) is 1. The van der Waals surface area contributed by atoms with Gasteiger partial charge in [0.25, 0.3) is 0 Å². The highest BCUT2D eigenvalue weighted by Crippen LogP contribution is 2.26. The maximum atomic E-state index is 5.63. The van der Waals surface area contributed by atoms with Gasteiger partial charge in [-0.2, -0.15) is 0 Å². The Hall–Kier alpha value is -1.60. The molecule has 0 aliphatic heterocycles. The van der Waals surface area contributed by atoms with Crippen LogP contribution >= 0.6 is 0 Å². The monoisotopic (exact) mass is 197 g/mol. The molecule has 1 nitrogen and oxygen atoms in total. The van der Waals surface area contributed by atoms with Gasteiger partial charge in [-0.3, -0.25) is 0 Å². The Morgan fingerprint density at radius 1 is 1.13 bits per heavy atom. The van der Waals surface area contributed by atoms with Crippen molar-refractivity contribution in [1.82, 2.24) is 0 Å². The van der Waals surface area contributed by atoms with Gasteiger partial charge in [-0.1, -0.05) is 43.0 Å². The fourth-order valence-corrected chi connectivity index (χ4v) is 1.87. The third-order valence-electron chi connectivity index (χ3n) is 2.77. The highest BCUT2D eigenvalue weighted by Gasteiger charge is 2.04. The van der Waals surface area contributed by atoms with Crippen LogP contribution in [-0.2, 0) is 0 Å². The SMILES string of the molecule is C=C(CN)c1ccc(C)c2ccccc12.